The molecule has 2 aromatic carbocycles. The number of nitrogens with zero attached hydrogens (tertiary/aromatic N) is 3. The van der Waals surface area contributed by atoms with Crippen molar-refractivity contribution >= 4 is 39.7 Å². The highest BCUT2D eigenvalue weighted by Gasteiger charge is 2.14. The standard InChI is InChI=1S/C19H15N3O2S2/c1-12-20-14(10-25-12)9-18-21-22-19(24-18)26-11-17(23)16-8-4-6-13-5-2-3-7-15(13)16/h2-8,10H,9,11H2,1H3. The van der Waals surface area contributed by atoms with Gasteiger partial charge in [0.25, 0.3) is 5.22 Å². The van der Waals surface area contributed by atoms with Gasteiger partial charge in [-0.3, -0.25) is 4.79 Å². The Morgan fingerprint density at radius 3 is 2.85 bits per heavy atom. The van der Waals surface area contributed by atoms with Crippen molar-refractivity contribution in [2.24, 2.45) is 0 Å². The number of benzene rings is 2. The number of aromatic nitrogens is 3. The molecule has 0 atom stereocenters. The number of Topliss-reactive ketones (excluding diaryl/α,β-unsaturated/α-hetero) is 1. The summed E-state index contributed by atoms with van der Waals surface area (Å²) in [5, 5.41) is 13.5. The average Bonchev–Trinajstić information content (AvgIpc) is 3.28. The van der Waals surface area contributed by atoms with Gasteiger partial charge in [-0.15, -0.1) is 21.5 Å². The van der Waals surface area contributed by atoms with E-state index >= 15 is 0 Å². The lowest BCUT2D eigenvalue weighted by molar-refractivity contribution is 0.102. The summed E-state index contributed by atoms with van der Waals surface area (Å²) in [5.74, 6) is 0.808. The van der Waals surface area contributed by atoms with Crippen molar-refractivity contribution in [2.45, 2.75) is 18.6 Å². The molecule has 4 rings (SSSR count). The fourth-order valence-electron chi connectivity index (χ4n) is 2.69. The van der Waals surface area contributed by atoms with Crippen molar-refractivity contribution in [1.29, 1.82) is 0 Å². The van der Waals surface area contributed by atoms with Gasteiger partial charge in [0.2, 0.25) is 5.89 Å². The smallest absolute Gasteiger partial charge is 0.277 e. The molecule has 0 radical (unpaired) electrons. The van der Waals surface area contributed by atoms with Gasteiger partial charge in [0.1, 0.15) is 0 Å². The van der Waals surface area contributed by atoms with Gasteiger partial charge in [0.15, 0.2) is 5.78 Å². The molecule has 0 aliphatic carbocycles. The normalized spacial score (nSPS) is 11.1. The van der Waals surface area contributed by atoms with E-state index < -0.39 is 0 Å². The molecule has 0 N–H and O–H groups in total. The van der Waals surface area contributed by atoms with E-state index in [-0.39, 0.29) is 11.5 Å². The second-order valence-electron chi connectivity index (χ2n) is 5.73. The lowest BCUT2D eigenvalue weighted by Crippen LogP contribution is -2.03. The first-order valence-electron chi connectivity index (χ1n) is 8.06. The van der Waals surface area contributed by atoms with E-state index in [0.717, 1.165) is 21.5 Å². The molecule has 0 bridgehead atoms. The number of carbonyl (C=O) groups is 1. The maximum Gasteiger partial charge on any atom is 0.277 e. The number of carbonyl (C=O) groups excluding carboxylic acids is 1. The third kappa shape index (κ3) is 3.68. The topological polar surface area (TPSA) is 68.9 Å². The van der Waals surface area contributed by atoms with Gasteiger partial charge in [-0.1, -0.05) is 54.2 Å². The zero-order chi connectivity index (χ0) is 17.9. The van der Waals surface area contributed by atoms with Crippen LogP contribution < -0.4 is 0 Å². The molecular weight excluding hydrogens is 366 g/mol. The van der Waals surface area contributed by atoms with Gasteiger partial charge in [0.05, 0.1) is 22.9 Å². The first kappa shape index (κ1) is 16.9. The number of hydrogen-bond acceptors (Lipinski definition) is 7. The van der Waals surface area contributed by atoms with Crippen LogP contribution in [0.5, 0.6) is 0 Å². The number of fused-ring (bicyclic) bond motifs is 1. The number of aryl methyl sites for hydroxylation is 1. The van der Waals surface area contributed by atoms with Crippen LogP contribution >= 0.6 is 23.1 Å². The minimum Gasteiger partial charge on any atom is -0.416 e. The summed E-state index contributed by atoms with van der Waals surface area (Å²) < 4.78 is 5.62. The maximum atomic E-state index is 12.6. The Hall–Kier alpha value is -2.51. The van der Waals surface area contributed by atoms with Crippen LogP contribution in [-0.4, -0.2) is 26.7 Å². The molecule has 0 spiro atoms. The first-order valence-corrected chi connectivity index (χ1v) is 9.93. The fourth-order valence-corrected chi connectivity index (χ4v) is 3.96. The summed E-state index contributed by atoms with van der Waals surface area (Å²) in [7, 11) is 0. The predicted octanol–water partition coefficient (Wildman–Crippen LogP) is 4.55. The van der Waals surface area contributed by atoms with Crippen molar-refractivity contribution in [3.63, 3.8) is 0 Å². The van der Waals surface area contributed by atoms with Crippen LogP contribution in [0.2, 0.25) is 0 Å². The fraction of sp³-hybridized carbons (Fsp3) is 0.158. The molecule has 5 nitrogen and oxygen atoms in total. The van der Waals surface area contributed by atoms with Crippen LogP contribution in [0.25, 0.3) is 10.8 Å². The second kappa shape index (κ2) is 7.39. The summed E-state index contributed by atoms with van der Waals surface area (Å²) in [6.07, 6.45) is 0.509. The van der Waals surface area contributed by atoms with Crippen LogP contribution in [0.4, 0.5) is 0 Å². The van der Waals surface area contributed by atoms with Crippen molar-refractivity contribution in [1.82, 2.24) is 15.2 Å². The van der Waals surface area contributed by atoms with Crippen molar-refractivity contribution in [3.8, 4) is 0 Å². The zero-order valence-corrected chi connectivity index (χ0v) is 15.6. The lowest BCUT2D eigenvalue weighted by Gasteiger charge is -2.04. The van der Waals surface area contributed by atoms with Gasteiger partial charge < -0.3 is 4.42 Å². The molecule has 0 fully saturated rings. The van der Waals surface area contributed by atoms with Gasteiger partial charge in [-0.2, -0.15) is 0 Å². The summed E-state index contributed by atoms with van der Waals surface area (Å²) in [6.45, 7) is 1.96. The first-order chi connectivity index (χ1) is 12.7. The highest BCUT2D eigenvalue weighted by molar-refractivity contribution is 7.99. The number of ketones is 1. The van der Waals surface area contributed by atoms with E-state index in [2.05, 4.69) is 15.2 Å². The summed E-state index contributed by atoms with van der Waals surface area (Å²) in [4.78, 5) is 17.0. The minimum absolute atomic E-state index is 0.0432. The summed E-state index contributed by atoms with van der Waals surface area (Å²) in [5.41, 5.74) is 1.63. The molecule has 4 aromatic rings. The summed E-state index contributed by atoms with van der Waals surface area (Å²) in [6, 6.07) is 13.6. The van der Waals surface area contributed by atoms with Gasteiger partial charge in [-0.05, 0) is 17.7 Å². The predicted molar refractivity (Wildman–Crippen MR) is 103 cm³/mol. The Balaban J connectivity index is 1.43. The molecule has 0 unspecified atom stereocenters. The van der Waals surface area contributed by atoms with E-state index in [0.29, 0.717) is 23.1 Å². The third-order valence-corrected chi connectivity index (χ3v) is 5.50. The molecule has 2 heterocycles. The van der Waals surface area contributed by atoms with Crippen LogP contribution in [-0.2, 0) is 6.42 Å². The van der Waals surface area contributed by atoms with Crippen molar-refractivity contribution in [3.05, 3.63) is 70.0 Å². The number of thiazole rings is 1. The van der Waals surface area contributed by atoms with Crippen LogP contribution in [0.15, 0.2) is 57.5 Å². The monoisotopic (exact) mass is 381 g/mol. The Bertz CT molecular complexity index is 1070. The van der Waals surface area contributed by atoms with E-state index in [4.69, 9.17) is 4.42 Å². The molecule has 130 valence electrons. The molecule has 7 heteroatoms. The minimum atomic E-state index is 0.0432. The van der Waals surface area contributed by atoms with Gasteiger partial charge in [0, 0.05) is 10.9 Å². The van der Waals surface area contributed by atoms with E-state index in [9.17, 15) is 4.79 Å². The quantitative estimate of drug-likeness (QED) is 0.360. The van der Waals surface area contributed by atoms with Crippen LogP contribution in [0.1, 0.15) is 27.0 Å². The third-order valence-electron chi connectivity index (χ3n) is 3.86. The highest BCUT2D eigenvalue weighted by Crippen LogP contribution is 2.23. The average molecular weight is 381 g/mol. The Morgan fingerprint density at radius 2 is 2.00 bits per heavy atom. The van der Waals surface area contributed by atoms with Crippen molar-refractivity contribution < 1.29 is 9.21 Å². The highest BCUT2D eigenvalue weighted by atomic mass is 32.2. The molecule has 2 aromatic heterocycles. The molecule has 0 saturated heterocycles. The molecule has 0 aliphatic heterocycles. The van der Waals surface area contributed by atoms with Gasteiger partial charge in [-0.25, -0.2) is 4.98 Å². The lowest BCUT2D eigenvalue weighted by atomic mass is 10.0. The molecule has 0 aliphatic rings. The van der Waals surface area contributed by atoms with E-state index in [1.807, 2.05) is 54.8 Å². The number of thioether (sulfide) groups is 1. The van der Waals surface area contributed by atoms with Crippen LogP contribution in [0.3, 0.4) is 0 Å². The van der Waals surface area contributed by atoms with E-state index in [1.54, 1.807) is 11.3 Å². The van der Waals surface area contributed by atoms with E-state index in [1.165, 1.54) is 11.8 Å². The second-order valence-corrected chi connectivity index (χ2v) is 7.72. The van der Waals surface area contributed by atoms with Crippen molar-refractivity contribution in [2.75, 3.05) is 5.75 Å². The Labute approximate surface area is 158 Å². The molecular formula is C19H15N3O2S2. The maximum absolute atomic E-state index is 12.6. The largest absolute Gasteiger partial charge is 0.416 e. The van der Waals surface area contributed by atoms with Crippen LogP contribution in [0, 0.1) is 6.92 Å². The SMILES string of the molecule is Cc1nc(Cc2nnc(SCC(=O)c3cccc4ccccc34)o2)cs1. The molecule has 26 heavy (non-hydrogen) atoms. The Kier molecular flexibility index (Phi) is 4.81. The zero-order valence-electron chi connectivity index (χ0n) is 14.0. The summed E-state index contributed by atoms with van der Waals surface area (Å²) >= 11 is 2.85. The number of hydrogen-bond donors (Lipinski definition) is 0. The molecule has 0 saturated carbocycles. The van der Waals surface area contributed by atoms with Gasteiger partial charge >= 0.3 is 0 Å². The Morgan fingerprint density at radius 1 is 1.15 bits per heavy atom. The number of rotatable bonds is 6. The molecule has 0 amide bonds.